The Morgan fingerprint density at radius 1 is 1.05 bits per heavy atom. The molecule has 0 unspecified atom stereocenters. The molecule has 0 fully saturated rings. The Morgan fingerprint density at radius 2 is 1.81 bits per heavy atom. The maximum atomic E-state index is 13.8. The van der Waals surface area contributed by atoms with Gasteiger partial charge >= 0.3 is 0 Å². The summed E-state index contributed by atoms with van der Waals surface area (Å²) < 4.78 is 38.5. The lowest BCUT2D eigenvalue weighted by Crippen LogP contribution is -2.08. The van der Waals surface area contributed by atoms with Crippen LogP contribution in [0.15, 0.2) is 41.3 Å². The monoisotopic (exact) mass is 305 g/mol. The van der Waals surface area contributed by atoms with Gasteiger partial charge in [-0.15, -0.1) is 0 Å². The van der Waals surface area contributed by atoms with Crippen molar-refractivity contribution in [1.82, 2.24) is 0 Å². The zero-order valence-electron chi connectivity index (χ0n) is 11.5. The van der Waals surface area contributed by atoms with Crippen molar-refractivity contribution >= 4 is 15.5 Å². The van der Waals surface area contributed by atoms with Crippen LogP contribution in [0.2, 0.25) is 0 Å². The standard InChI is InChI=1S/C16H16FNO2S/c17-15-9-14(18)6-7-16(15)21(19,20)10-11-4-5-12-2-1-3-13(12)8-11/h4-9H,1-3,10,18H2. The van der Waals surface area contributed by atoms with Crippen molar-refractivity contribution in [1.29, 1.82) is 0 Å². The summed E-state index contributed by atoms with van der Waals surface area (Å²) in [6.07, 6.45) is 3.15. The van der Waals surface area contributed by atoms with Crippen LogP contribution in [0.3, 0.4) is 0 Å². The average molecular weight is 305 g/mol. The Morgan fingerprint density at radius 3 is 2.57 bits per heavy atom. The molecular weight excluding hydrogens is 289 g/mol. The Bertz CT molecular complexity index is 800. The van der Waals surface area contributed by atoms with Gasteiger partial charge in [0.1, 0.15) is 10.7 Å². The third-order valence-electron chi connectivity index (χ3n) is 3.81. The molecule has 0 aliphatic heterocycles. The Kier molecular flexibility index (Phi) is 3.45. The number of benzene rings is 2. The third-order valence-corrected chi connectivity index (χ3v) is 5.53. The van der Waals surface area contributed by atoms with Gasteiger partial charge in [-0.05, 0) is 54.2 Å². The predicted molar refractivity (Wildman–Crippen MR) is 80.2 cm³/mol. The van der Waals surface area contributed by atoms with Crippen molar-refractivity contribution < 1.29 is 12.8 Å². The van der Waals surface area contributed by atoms with E-state index in [-0.39, 0.29) is 16.3 Å². The number of hydrogen-bond acceptors (Lipinski definition) is 3. The van der Waals surface area contributed by atoms with Gasteiger partial charge in [-0.2, -0.15) is 0 Å². The molecule has 0 saturated heterocycles. The molecule has 0 saturated carbocycles. The Labute approximate surface area is 123 Å². The van der Waals surface area contributed by atoms with E-state index >= 15 is 0 Å². The van der Waals surface area contributed by atoms with Crippen LogP contribution in [0.4, 0.5) is 10.1 Å². The lowest BCUT2D eigenvalue weighted by molar-refractivity contribution is 0.567. The number of rotatable bonds is 3. The minimum Gasteiger partial charge on any atom is -0.399 e. The van der Waals surface area contributed by atoms with Crippen molar-refractivity contribution in [2.45, 2.75) is 29.9 Å². The number of hydrogen-bond donors (Lipinski definition) is 1. The van der Waals surface area contributed by atoms with Crippen LogP contribution in [0, 0.1) is 5.82 Å². The summed E-state index contributed by atoms with van der Waals surface area (Å²) in [7, 11) is -3.71. The van der Waals surface area contributed by atoms with Crippen molar-refractivity contribution in [2.24, 2.45) is 0 Å². The molecule has 3 nitrogen and oxygen atoms in total. The Balaban J connectivity index is 1.92. The first-order valence-electron chi connectivity index (χ1n) is 6.84. The average Bonchev–Trinajstić information content (AvgIpc) is 2.85. The number of fused-ring (bicyclic) bond motifs is 1. The molecule has 0 bridgehead atoms. The van der Waals surface area contributed by atoms with E-state index in [1.807, 2.05) is 18.2 Å². The molecule has 0 radical (unpaired) electrons. The van der Waals surface area contributed by atoms with E-state index < -0.39 is 15.7 Å². The molecule has 0 aromatic heterocycles. The van der Waals surface area contributed by atoms with Crippen molar-refractivity contribution in [2.75, 3.05) is 5.73 Å². The first kappa shape index (κ1) is 14.1. The molecule has 1 aliphatic carbocycles. The SMILES string of the molecule is Nc1ccc(S(=O)(=O)Cc2ccc3c(c2)CCC3)c(F)c1. The van der Waals surface area contributed by atoms with Crippen LogP contribution in [0.25, 0.3) is 0 Å². The van der Waals surface area contributed by atoms with Gasteiger partial charge in [0.05, 0.1) is 5.75 Å². The highest BCUT2D eigenvalue weighted by molar-refractivity contribution is 7.90. The highest BCUT2D eigenvalue weighted by atomic mass is 32.2. The number of aryl methyl sites for hydroxylation is 2. The van der Waals surface area contributed by atoms with Crippen molar-refractivity contribution in [3.63, 3.8) is 0 Å². The summed E-state index contributed by atoms with van der Waals surface area (Å²) in [4.78, 5) is -0.294. The highest BCUT2D eigenvalue weighted by Gasteiger charge is 2.21. The topological polar surface area (TPSA) is 60.2 Å². The molecule has 0 spiro atoms. The molecule has 21 heavy (non-hydrogen) atoms. The van der Waals surface area contributed by atoms with Gasteiger partial charge in [0.25, 0.3) is 0 Å². The second kappa shape index (κ2) is 5.15. The fourth-order valence-electron chi connectivity index (χ4n) is 2.78. The molecule has 1 aliphatic rings. The maximum absolute atomic E-state index is 13.8. The predicted octanol–water partition coefficient (Wildman–Crippen LogP) is 2.87. The molecule has 110 valence electrons. The van der Waals surface area contributed by atoms with E-state index in [4.69, 9.17) is 5.73 Å². The summed E-state index contributed by atoms with van der Waals surface area (Å²) >= 11 is 0. The number of sulfone groups is 1. The smallest absolute Gasteiger partial charge is 0.185 e. The number of nitrogens with two attached hydrogens (primary N) is 1. The van der Waals surface area contributed by atoms with Crippen LogP contribution in [0.5, 0.6) is 0 Å². The van der Waals surface area contributed by atoms with Crippen LogP contribution in [0.1, 0.15) is 23.1 Å². The van der Waals surface area contributed by atoms with Gasteiger partial charge in [0, 0.05) is 5.69 Å². The van der Waals surface area contributed by atoms with E-state index in [9.17, 15) is 12.8 Å². The second-order valence-electron chi connectivity index (χ2n) is 5.41. The number of nitrogen functional groups attached to an aromatic ring is 1. The Hall–Kier alpha value is -1.88. The van der Waals surface area contributed by atoms with E-state index in [0.29, 0.717) is 5.56 Å². The van der Waals surface area contributed by atoms with Gasteiger partial charge < -0.3 is 5.73 Å². The quantitative estimate of drug-likeness (QED) is 0.887. The van der Waals surface area contributed by atoms with Gasteiger partial charge in [0.2, 0.25) is 0 Å². The summed E-state index contributed by atoms with van der Waals surface area (Å²) in [5.74, 6) is -0.989. The summed E-state index contributed by atoms with van der Waals surface area (Å²) in [5, 5.41) is 0. The fourth-order valence-corrected chi connectivity index (χ4v) is 4.19. The highest BCUT2D eigenvalue weighted by Crippen LogP contribution is 2.26. The van der Waals surface area contributed by atoms with Crippen LogP contribution >= 0.6 is 0 Å². The van der Waals surface area contributed by atoms with E-state index in [2.05, 4.69) is 0 Å². The van der Waals surface area contributed by atoms with Crippen molar-refractivity contribution in [3.05, 3.63) is 58.9 Å². The van der Waals surface area contributed by atoms with Crippen LogP contribution in [-0.4, -0.2) is 8.42 Å². The van der Waals surface area contributed by atoms with Gasteiger partial charge in [-0.25, -0.2) is 12.8 Å². The summed E-state index contributed by atoms with van der Waals surface area (Å²) in [6.45, 7) is 0. The second-order valence-corrected chi connectivity index (χ2v) is 7.36. The molecular formula is C16H16FNO2S. The summed E-state index contributed by atoms with van der Waals surface area (Å²) in [5.41, 5.74) is 8.86. The zero-order chi connectivity index (χ0) is 15.0. The fraction of sp³-hybridized carbons (Fsp3) is 0.250. The lowest BCUT2D eigenvalue weighted by atomic mass is 10.1. The first-order valence-corrected chi connectivity index (χ1v) is 8.49. The zero-order valence-corrected chi connectivity index (χ0v) is 12.3. The molecule has 0 amide bonds. The molecule has 2 aromatic carbocycles. The minimum absolute atomic E-state index is 0.193. The van der Waals surface area contributed by atoms with E-state index in [0.717, 1.165) is 25.3 Å². The minimum atomic E-state index is -3.71. The lowest BCUT2D eigenvalue weighted by Gasteiger charge is -2.08. The first-order chi connectivity index (χ1) is 9.95. The summed E-state index contributed by atoms with van der Waals surface area (Å²) in [6, 6.07) is 9.39. The number of halogens is 1. The largest absolute Gasteiger partial charge is 0.399 e. The third kappa shape index (κ3) is 2.78. The molecule has 2 N–H and O–H groups in total. The van der Waals surface area contributed by atoms with Crippen LogP contribution < -0.4 is 5.73 Å². The number of anilines is 1. The molecule has 0 atom stereocenters. The molecule has 3 rings (SSSR count). The van der Waals surface area contributed by atoms with E-state index in [1.165, 1.54) is 23.3 Å². The van der Waals surface area contributed by atoms with Crippen LogP contribution in [-0.2, 0) is 28.4 Å². The van der Waals surface area contributed by atoms with Gasteiger partial charge in [-0.3, -0.25) is 0 Å². The van der Waals surface area contributed by atoms with E-state index in [1.54, 1.807) is 0 Å². The maximum Gasteiger partial charge on any atom is 0.185 e. The van der Waals surface area contributed by atoms with Gasteiger partial charge in [0.15, 0.2) is 9.84 Å². The normalized spacial score (nSPS) is 14.1. The van der Waals surface area contributed by atoms with Crippen molar-refractivity contribution in [3.8, 4) is 0 Å². The molecule has 5 heteroatoms. The molecule has 2 aromatic rings. The van der Waals surface area contributed by atoms with Gasteiger partial charge in [-0.1, -0.05) is 18.2 Å². The molecule has 0 heterocycles.